The van der Waals surface area contributed by atoms with Gasteiger partial charge in [0.1, 0.15) is 11.6 Å². The van der Waals surface area contributed by atoms with Gasteiger partial charge in [-0.25, -0.2) is 9.37 Å². The number of carbonyl (C=O) groups excluding carboxylic acids is 1. The molecular formula is C13H13FN2O2. The van der Waals surface area contributed by atoms with Crippen molar-refractivity contribution in [1.29, 1.82) is 0 Å². The molecule has 2 rings (SSSR count). The summed E-state index contributed by atoms with van der Waals surface area (Å²) < 4.78 is 18.4. The molecule has 18 heavy (non-hydrogen) atoms. The minimum Gasteiger partial charge on any atom is -0.438 e. The summed E-state index contributed by atoms with van der Waals surface area (Å²) in [6.07, 6.45) is 1.91. The van der Waals surface area contributed by atoms with Crippen molar-refractivity contribution < 1.29 is 13.6 Å². The summed E-state index contributed by atoms with van der Waals surface area (Å²) in [5.74, 6) is -0.0477. The molecule has 0 unspecified atom stereocenters. The van der Waals surface area contributed by atoms with Crippen LogP contribution in [0.15, 0.2) is 34.9 Å². The average molecular weight is 248 g/mol. The van der Waals surface area contributed by atoms with Crippen LogP contribution in [0, 0.1) is 12.7 Å². The Kier molecular flexibility index (Phi) is 3.72. The highest BCUT2D eigenvalue weighted by Crippen LogP contribution is 2.06. The fourth-order valence-electron chi connectivity index (χ4n) is 1.55. The van der Waals surface area contributed by atoms with Gasteiger partial charge < -0.3 is 9.73 Å². The Morgan fingerprint density at radius 1 is 1.44 bits per heavy atom. The molecular weight excluding hydrogens is 235 g/mol. The molecule has 0 aliphatic rings. The van der Waals surface area contributed by atoms with Crippen LogP contribution in [0.3, 0.4) is 0 Å². The van der Waals surface area contributed by atoms with Crippen LogP contribution in [0.2, 0.25) is 0 Å². The van der Waals surface area contributed by atoms with E-state index in [9.17, 15) is 9.18 Å². The first kappa shape index (κ1) is 12.3. The molecule has 0 saturated heterocycles. The van der Waals surface area contributed by atoms with Crippen LogP contribution >= 0.6 is 0 Å². The van der Waals surface area contributed by atoms with Gasteiger partial charge in [-0.15, -0.1) is 0 Å². The Morgan fingerprint density at radius 3 is 2.89 bits per heavy atom. The molecule has 1 N–H and O–H groups in total. The van der Waals surface area contributed by atoms with Gasteiger partial charge in [0, 0.05) is 6.54 Å². The van der Waals surface area contributed by atoms with Crippen LogP contribution in [0.25, 0.3) is 0 Å². The number of benzene rings is 1. The lowest BCUT2D eigenvalue weighted by atomic mass is 10.1. The summed E-state index contributed by atoms with van der Waals surface area (Å²) in [7, 11) is 0. The monoisotopic (exact) mass is 248 g/mol. The summed E-state index contributed by atoms with van der Waals surface area (Å²) in [6, 6.07) is 6.48. The first-order chi connectivity index (χ1) is 8.66. The van der Waals surface area contributed by atoms with Crippen molar-refractivity contribution in [2.75, 3.05) is 6.54 Å². The Bertz CT molecular complexity index is 551. The van der Waals surface area contributed by atoms with Crippen molar-refractivity contribution in [2.24, 2.45) is 0 Å². The van der Waals surface area contributed by atoms with Gasteiger partial charge in [0.15, 0.2) is 0 Å². The second kappa shape index (κ2) is 5.44. The van der Waals surface area contributed by atoms with E-state index in [1.54, 1.807) is 25.1 Å². The number of carbonyl (C=O) groups is 1. The van der Waals surface area contributed by atoms with Crippen LogP contribution in [-0.4, -0.2) is 17.4 Å². The van der Waals surface area contributed by atoms with Gasteiger partial charge in [0.05, 0.1) is 6.20 Å². The highest BCUT2D eigenvalue weighted by atomic mass is 19.1. The molecule has 0 fully saturated rings. The number of halogens is 1. The first-order valence-corrected chi connectivity index (χ1v) is 5.61. The number of aromatic nitrogens is 1. The van der Waals surface area contributed by atoms with Gasteiger partial charge in [-0.2, -0.15) is 0 Å². The van der Waals surface area contributed by atoms with Crippen molar-refractivity contribution in [1.82, 2.24) is 10.3 Å². The summed E-state index contributed by atoms with van der Waals surface area (Å²) in [4.78, 5) is 15.4. The van der Waals surface area contributed by atoms with Crippen LogP contribution in [0.5, 0.6) is 0 Å². The van der Waals surface area contributed by atoms with Crippen LogP contribution in [0.1, 0.15) is 22.0 Å². The molecule has 4 nitrogen and oxygen atoms in total. The number of oxazole rings is 1. The number of amides is 1. The molecule has 0 aliphatic heterocycles. The lowest BCUT2D eigenvalue weighted by molar-refractivity contribution is 0.0918. The molecule has 0 radical (unpaired) electrons. The molecule has 0 atom stereocenters. The maximum absolute atomic E-state index is 13.3. The predicted molar refractivity (Wildman–Crippen MR) is 63.7 cm³/mol. The smallest absolute Gasteiger partial charge is 0.307 e. The molecule has 0 bridgehead atoms. The van der Waals surface area contributed by atoms with E-state index >= 15 is 0 Å². The highest BCUT2D eigenvalue weighted by Gasteiger charge is 2.11. The molecule has 1 aromatic carbocycles. The van der Waals surface area contributed by atoms with Gasteiger partial charge in [0.2, 0.25) is 0 Å². The highest BCUT2D eigenvalue weighted by molar-refractivity contribution is 5.89. The van der Waals surface area contributed by atoms with Crippen molar-refractivity contribution in [2.45, 2.75) is 13.3 Å². The zero-order valence-corrected chi connectivity index (χ0v) is 9.94. The Balaban J connectivity index is 1.86. The topological polar surface area (TPSA) is 55.1 Å². The fraction of sp³-hybridized carbons (Fsp3) is 0.231. The molecule has 0 saturated carbocycles. The van der Waals surface area contributed by atoms with E-state index in [-0.39, 0.29) is 17.6 Å². The van der Waals surface area contributed by atoms with E-state index < -0.39 is 0 Å². The van der Waals surface area contributed by atoms with E-state index in [4.69, 9.17) is 4.42 Å². The lowest BCUT2D eigenvalue weighted by Crippen LogP contribution is -2.26. The summed E-state index contributed by atoms with van der Waals surface area (Å²) >= 11 is 0. The SMILES string of the molecule is Cc1cnc(C(=O)NCCc2ccccc2F)o1. The largest absolute Gasteiger partial charge is 0.438 e. The van der Waals surface area contributed by atoms with Crippen molar-refractivity contribution in [3.8, 4) is 0 Å². The van der Waals surface area contributed by atoms with Gasteiger partial charge in [0.25, 0.3) is 5.89 Å². The number of hydrogen-bond acceptors (Lipinski definition) is 3. The Hall–Kier alpha value is -2.17. The van der Waals surface area contributed by atoms with E-state index in [1.807, 2.05) is 0 Å². The average Bonchev–Trinajstić information content (AvgIpc) is 2.78. The maximum Gasteiger partial charge on any atom is 0.307 e. The molecule has 1 amide bonds. The van der Waals surface area contributed by atoms with Crippen molar-refractivity contribution in [3.63, 3.8) is 0 Å². The minimum absolute atomic E-state index is 0.0287. The second-order valence-corrected chi connectivity index (χ2v) is 3.87. The third-order valence-electron chi connectivity index (χ3n) is 2.45. The summed E-state index contributed by atoms with van der Waals surface area (Å²) in [6.45, 7) is 2.05. The van der Waals surface area contributed by atoms with Gasteiger partial charge in [-0.1, -0.05) is 18.2 Å². The zero-order valence-electron chi connectivity index (χ0n) is 9.94. The van der Waals surface area contributed by atoms with Crippen LogP contribution < -0.4 is 5.32 Å². The number of nitrogens with one attached hydrogen (secondary N) is 1. The molecule has 94 valence electrons. The van der Waals surface area contributed by atoms with Crippen molar-refractivity contribution >= 4 is 5.91 Å². The van der Waals surface area contributed by atoms with Gasteiger partial charge in [-0.05, 0) is 25.0 Å². The number of hydrogen-bond donors (Lipinski definition) is 1. The van der Waals surface area contributed by atoms with Crippen LogP contribution in [0.4, 0.5) is 4.39 Å². The molecule has 1 heterocycles. The van der Waals surface area contributed by atoms with E-state index in [0.717, 1.165) is 0 Å². The zero-order chi connectivity index (χ0) is 13.0. The minimum atomic E-state index is -0.389. The number of rotatable bonds is 4. The van der Waals surface area contributed by atoms with E-state index in [1.165, 1.54) is 12.3 Å². The third-order valence-corrected chi connectivity index (χ3v) is 2.45. The molecule has 0 spiro atoms. The third kappa shape index (κ3) is 2.94. The standard InChI is InChI=1S/C13H13FN2O2/c1-9-8-16-13(18-9)12(17)15-7-6-10-4-2-3-5-11(10)14/h2-5,8H,6-7H2,1H3,(H,15,17). The summed E-state index contributed by atoms with van der Waals surface area (Å²) in [5.41, 5.74) is 0.571. The maximum atomic E-state index is 13.3. The van der Waals surface area contributed by atoms with E-state index in [2.05, 4.69) is 10.3 Å². The first-order valence-electron chi connectivity index (χ1n) is 5.61. The Labute approximate surface area is 104 Å². The molecule has 5 heteroatoms. The second-order valence-electron chi connectivity index (χ2n) is 3.87. The number of aryl methyl sites for hydroxylation is 1. The molecule has 2 aromatic rings. The van der Waals surface area contributed by atoms with Gasteiger partial charge >= 0.3 is 5.91 Å². The van der Waals surface area contributed by atoms with Gasteiger partial charge in [-0.3, -0.25) is 4.79 Å². The fourth-order valence-corrected chi connectivity index (χ4v) is 1.55. The normalized spacial score (nSPS) is 10.3. The summed E-state index contributed by atoms with van der Waals surface area (Å²) in [5, 5.41) is 2.63. The lowest BCUT2D eigenvalue weighted by Gasteiger charge is -2.03. The molecule has 1 aromatic heterocycles. The number of nitrogens with zero attached hydrogens (tertiary/aromatic N) is 1. The van der Waals surface area contributed by atoms with E-state index in [0.29, 0.717) is 24.3 Å². The quantitative estimate of drug-likeness (QED) is 0.901. The van der Waals surface area contributed by atoms with Crippen molar-refractivity contribution in [3.05, 3.63) is 53.5 Å². The van der Waals surface area contributed by atoms with Crippen LogP contribution in [-0.2, 0) is 6.42 Å². The molecule has 0 aliphatic carbocycles. The Morgan fingerprint density at radius 2 is 2.22 bits per heavy atom. The predicted octanol–water partition coefficient (Wildman–Crippen LogP) is 2.09.